The zero-order valence-electron chi connectivity index (χ0n) is 33.0. The van der Waals surface area contributed by atoms with Crippen molar-refractivity contribution in [3.63, 3.8) is 0 Å². The zero-order valence-corrected chi connectivity index (χ0v) is 33.0. The Morgan fingerprint density at radius 1 is 0.786 bits per heavy atom. The molecule has 14 nitrogen and oxygen atoms in total. The monoisotopic (exact) mass is 764 g/mol. The van der Waals surface area contributed by atoms with Gasteiger partial charge < -0.3 is 39.9 Å². The van der Waals surface area contributed by atoms with Crippen LogP contribution in [0.1, 0.15) is 101 Å². The van der Waals surface area contributed by atoms with E-state index in [0.29, 0.717) is 24.7 Å². The fourth-order valence-electron chi connectivity index (χ4n) is 7.52. The molecule has 0 aliphatic carbocycles. The number of hydrogen-bond acceptors (Lipinski definition) is 8. The molecule has 296 valence electrons. The van der Waals surface area contributed by atoms with E-state index in [1.165, 1.54) is 14.2 Å². The Bertz CT molecular complexity index is 2100. The number of nitrogens with one attached hydrogen (secondary N) is 4. The van der Waals surface area contributed by atoms with E-state index in [1.807, 2.05) is 80.0 Å². The van der Waals surface area contributed by atoms with Crippen molar-refractivity contribution in [1.29, 1.82) is 0 Å². The van der Waals surface area contributed by atoms with E-state index in [-0.39, 0.29) is 35.7 Å². The highest BCUT2D eigenvalue weighted by molar-refractivity contribution is 5.87. The Labute approximate surface area is 327 Å². The van der Waals surface area contributed by atoms with Crippen molar-refractivity contribution in [2.24, 2.45) is 11.8 Å². The predicted molar refractivity (Wildman–Crippen MR) is 211 cm³/mol. The van der Waals surface area contributed by atoms with Crippen molar-refractivity contribution >= 4 is 35.0 Å². The van der Waals surface area contributed by atoms with Gasteiger partial charge in [-0.1, -0.05) is 64.5 Å². The number of alkyl carbamates (subject to hydrolysis) is 2. The summed E-state index contributed by atoms with van der Waals surface area (Å²) in [7, 11) is 2.59. The lowest BCUT2D eigenvalue weighted by molar-refractivity contribution is -0.136. The molecule has 2 saturated heterocycles. The molecule has 0 spiro atoms. The van der Waals surface area contributed by atoms with E-state index in [1.54, 1.807) is 6.20 Å². The number of amides is 4. The number of aromatic nitrogens is 4. The van der Waals surface area contributed by atoms with Crippen LogP contribution in [-0.4, -0.2) is 93.1 Å². The molecule has 2 aromatic carbocycles. The summed E-state index contributed by atoms with van der Waals surface area (Å²) in [4.78, 5) is 71.5. The number of imidazole rings is 2. The van der Waals surface area contributed by atoms with Crippen LogP contribution in [0.4, 0.5) is 9.59 Å². The third-order valence-electron chi connectivity index (χ3n) is 11.2. The van der Waals surface area contributed by atoms with E-state index < -0.39 is 24.3 Å². The normalized spacial score (nSPS) is 18.8. The number of rotatable bonds is 11. The van der Waals surface area contributed by atoms with Gasteiger partial charge in [-0.2, -0.15) is 0 Å². The second-order valence-electron chi connectivity index (χ2n) is 14.7. The second-order valence-corrected chi connectivity index (χ2v) is 14.7. The minimum absolute atomic E-state index is 0.0582. The van der Waals surface area contributed by atoms with Crippen LogP contribution < -0.4 is 10.6 Å². The summed E-state index contributed by atoms with van der Waals surface area (Å²) in [6.45, 7) is 9.06. The second kappa shape index (κ2) is 17.7. The molecule has 4 heterocycles. The van der Waals surface area contributed by atoms with Gasteiger partial charge in [0.05, 0.1) is 49.2 Å². The molecule has 6 atom stereocenters. The topological polar surface area (TPSA) is 175 Å². The molecule has 0 saturated carbocycles. The van der Waals surface area contributed by atoms with Crippen LogP contribution in [0.15, 0.2) is 48.7 Å². The standard InChI is InChI=1S/C42H52N8O6/c1-7-25(3)35(47-41(53)55-5)39(51)49-21-9-11-33(49)37-43-24-32(46-37)29-18-15-27(16-19-29)13-14-28-17-20-30-31(23-28)45-38(44-30)34-12-10-22-50(34)40(52)36(26(4)8-2)48-42(54)56-6/h15-20,23-26,33-36H,7-12,21-22H2,1-6H3,(H,43,46)(H,44,45)(H,47,53)(H,48,54). The number of likely N-dealkylation sites (tertiary alicyclic amines) is 2. The predicted octanol–water partition coefficient (Wildman–Crippen LogP) is 6.22. The maximum absolute atomic E-state index is 13.7. The number of benzene rings is 2. The minimum Gasteiger partial charge on any atom is -0.453 e. The van der Waals surface area contributed by atoms with Gasteiger partial charge in [-0.05, 0) is 73.4 Å². The Morgan fingerprint density at radius 3 is 1.88 bits per heavy atom. The van der Waals surface area contributed by atoms with Gasteiger partial charge in [-0.25, -0.2) is 19.6 Å². The molecular formula is C42H52N8O6. The lowest BCUT2D eigenvalue weighted by Crippen LogP contribution is -2.51. The first-order chi connectivity index (χ1) is 27.0. The van der Waals surface area contributed by atoms with Crippen molar-refractivity contribution < 1.29 is 28.7 Å². The lowest BCUT2D eigenvalue weighted by Gasteiger charge is -2.30. The molecule has 4 amide bonds. The average Bonchev–Trinajstić information content (AvgIpc) is 4.06. The summed E-state index contributed by atoms with van der Waals surface area (Å²) in [5.74, 6) is 7.57. The summed E-state index contributed by atoms with van der Waals surface area (Å²) in [5, 5.41) is 5.48. The molecule has 0 bridgehead atoms. The molecule has 4 N–H and O–H groups in total. The van der Waals surface area contributed by atoms with Gasteiger partial charge in [0.25, 0.3) is 0 Å². The van der Waals surface area contributed by atoms with E-state index >= 15 is 0 Å². The maximum Gasteiger partial charge on any atom is 0.407 e. The highest BCUT2D eigenvalue weighted by Crippen LogP contribution is 2.34. The summed E-state index contributed by atoms with van der Waals surface area (Å²) in [6, 6.07) is 11.9. The van der Waals surface area contributed by atoms with Crippen molar-refractivity contribution in [3.05, 3.63) is 71.4 Å². The number of methoxy groups -OCH3 is 2. The fraction of sp³-hybridized carbons (Fsp3) is 0.476. The van der Waals surface area contributed by atoms with Crippen LogP contribution in [0.2, 0.25) is 0 Å². The van der Waals surface area contributed by atoms with Crippen molar-refractivity contribution in [2.45, 2.75) is 90.4 Å². The molecule has 14 heteroatoms. The Balaban J connectivity index is 1.12. The highest BCUT2D eigenvalue weighted by atomic mass is 16.5. The Kier molecular flexibility index (Phi) is 12.6. The van der Waals surface area contributed by atoms with E-state index in [2.05, 4.69) is 37.4 Å². The van der Waals surface area contributed by atoms with Crippen LogP contribution in [0.3, 0.4) is 0 Å². The number of fused-ring (bicyclic) bond motifs is 1. The van der Waals surface area contributed by atoms with Gasteiger partial charge in [0.15, 0.2) is 0 Å². The molecule has 0 radical (unpaired) electrons. The SMILES string of the molecule is CCC(C)C(NC(=O)OC)C(=O)N1CCCC1c1ncc(-c2ccc(C#Cc3ccc4nc(C5CCCN5C(=O)C(NC(=O)OC)C(C)CC)[nH]c4c3)cc2)[nH]1. The molecule has 2 aliphatic heterocycles. The maximum atomic E-state index is 13.7. The minimum atomic E-state index is -0.683. The third-order valence-corrected chi connectivity index (χ3v) is 11.2. The molecular weight excluding hydrogens is 713 g/mol. The summed E-state index contributed by atoms with van der Waals surface area (Å²) < 4.78 is 9.59. The van der Waals surface area contributed by atoms with Crippen molar-refractivity contribution in [3.8, 4) is 23.1 Å². The van der Waals surface area contributed by atoms with Crippen molar-refractivity contribution in [2.75, 3.05) is 27.3 Å². The number of carbonyl (C=O) groups excluding carboxylic acids is 4. The molecule has 6 rings (SSSR count). The number of H-pyrrole nitrogens is 2. The first-order valence-electron chi connectivity index (χ1n) is 19.5. The van der Waals surface area contributed by atoms with Gasteiger partial charge in [0.2, 0.25) is 11.8 Å². The Morgan fingerprint density at radius 2 is 1.32 bits per heavy atom. The highest BCUT2D eigenvalue weighted by Gasteiger charge is 2.39. The number of carbonyl (C=O) groups is 4. The van der Waals surface area contributed by atoms with Crippen LogP contribution in [0.5, 0.6) is 0 Å². The average molecular weight is 765 g/mol. The third kappa shape index (κ3) is 8.67. The van der Waals surface area contributed by atoms with Crippen molar-refractivity contribution in [1.82, 2.24) is 40.4 Å². The zero-order chi connectivity index (χ0) is 39.9. The van der Waals surface area contributed by atoms with Crippen LogP contribution in [0, 0.1) is 23.7 Å². The lowest BCUT2D eigenvalue weighted by atomic mass is 9.97. The molecule has 6 unspecified atom stereocenters. The van der Waals surface area contributed by atoms with Crippen LogP contribution in [0.25, 0.3) is 22.3 Å². The summed E-state index contributed by atoms with van der Waals surface area (Å²) >= 11 is 0. The van der Waals surface area contributed by atoms with Gasteiger partial charge >= 0.3 is 12.2 Å². The van der Waals surface area contributed by atoms with E-state index in [4.69, 9.17) is 14.5 Å². The van der Waals surface area contributed by atoms with Gasteiger partial charge in [-0.15, -0.1) is 0 Å². The fourth-order valence-corrected chi connectivity index (χ4v) is 7.52. The Hall–Kier alpha value is -5.84. The largest absolute Gasteiger partial charge is 0.453 e. The van der Waals surface area contributed by atoms with E-state index in [9.17, 15) is 19.2 Å². The van der Waals surface area contributed by atoms with Gasteiger partial charge in [0.1, 0.15) is 23.7 Å². The molecule has 2 aliphatic rings. The smallest absolute Gasteiger partial charge is 0.407 e. The first kappa shape index (κ1) is 39.8. The van der Waals surface area contributed by atoms with Gasteiger partial charge in [0, 0.05) is 24.2 Å². The summed E-state index contributed by atoms with van der Waals surface area (Å²) in [5.41, 5.74) is 5.07. The molecule has 56 heavy (non-hydrogen) atoms. The quantitative estimate of drug-likeness (QED) is 0.130. The number of aromatic amines is 2. The van der Waals surface area contributed by atoms with Crippen LogP contribution >= 0.6 is 0 Å². The van der Waals surface area contributed by atoms with Crippen LogP contribution in [-0.2, 0) is 19.1 Å². The number of nitrogens with zero attached hydrogens (tertiary/aromatic N) is 4. The first-order valence-corrected chi connectivity index (χ1v) is 19.5. The van der Waals surface area contributed by atoms with E-state index in [0.717, 1.165) is 71.9 Å². The summed E-state index contributed by atoms with van der Waals surface area (Å²) in [6.07, 6.45) is 5.24. The molecule has 4 aromatic rings. The molecule has 2 fully saturated rings. The molecule has 2 aromatic heterocycles. The number of ether oxygens (including phenoxy) is 2. The number of hydrogen-bond donors (Lipinski definition) is 4. The van der Waals surface area contributed by atoms with Gasteiger partial charge in [-0.3, -0.25) is 9.59 Å².